The van der Waals surface area contributed by atoms with Crippen LogP contribution in [-0.2, 0) is 4.79 Å². The first kappa shape index (κ1) is 15.0. The highest BCUT2D eigenvalue weighted by molar-refractivity contribution is 5.92. The number of nitrogens with two attached hydrogens (primary N) is 1. The fourth-order valence-corrected chi connectivity index (χ4v) is 2.14. The Morgan fingerprint density at radius 3 is 3.00 bits per heavy atom. The van der Waals surface area contributed by atoms with Crippen LogP contribution in [0.25, 0.3) is 0 Å². The van der Waals surface area contributed by atoms with Gasteiger partial charge < -0.3 is 16.0 Å². The molecule has 0 spiro atoms. The van der Waals surface area contributed by atoms with Gasteiger partial charge in [-0.05, 0) is 18.6 Å². The molecular weight excluding hydrogens is 268 g/mol. The Kier molecular flexibility index (Phi) is 4.90. The van der Waals surface area contributed by atoms with Crippen LogP contribution in [0.15, 0.2) is 18.3 Å². The number of carbonyl (C=O) groups is 2. The van der Waals surface area contributed by atoms with Gasteiger partial charge in [-0.2, -0.15) is 0 Å². The van der Waals surface area contributed by atoms with Crippen molar-refractivity contribution in [1.82, 2.24) is 15.2 Å². The van der Waals surface area contributed by atoms with Gasteiger partial charge >= 0.3 is 0 Å². The minimum absolute atomic E-state index is 0.0290. The molecule has 21 heavy (non-hydrogen) atoms. The Morgan fingerprint density at radius 2 is 2.38 bits per heavy atom. The minimum atomic E-state index is -0.235. The SMILES string of the molecule is CN1CC(NC(=O)c2ccc(C#CCN)cn2)CCC1=O. The molecule has 0 bridgehead atoms. The number of likely N-dealkylation sites (N-methyl/N-ethyl adjacent to an activating group) is 1. The predicted octanol–water partition coefficient (Wildman–Crippen LogP) is -0.258. The van der Waals surface area contributed by atoms with Crippen LogP contribution in [-0.4, -0.2) is 47.9 Å². The number of pyridine rings is 1. The number of hydrogen-bond acceptors (Lipinski definition) is 4. The molecule has 2 rings (SSSR count). The predicted molar refractivity (Wildman–Crippen MR) is 78.3 cm³/mol. The minimum Gasteiger partial charge on any atom is -0.346 e. The highest BCUT2D eigenvalue weighted by Gasteiger charge is 2.24. The molecule has 0 saturated carbocycles. The lowest BCUT2D eigenvalue weighted by atomic mass is 10.1. The van der Waals surface area contributed by atoms with E-state index >= 15 is 0 Å². The zero-order valence-corrected chi connectivity index (χ0v) is 11.9. The lowest BCUT2D eigenvalue weighted by Crippen LogP contribution is -2.48. The highest BCUT2D eigenvalue weighted by atomic mass is 16.2. The fraction of sp³-hybridized carbons (Fsp3) is 0.400. The van der Waals surface area contributed by atoms with Gasteiger partial charge in [0, 0.05) is 37.8 Å². The molecule has 2 amide bonds. The zero-order chi connectivity index (χ0) is 15.2. The second kappa shape index (κ2) is 6.86. The molecule has 1 aromatic heterocycles. The van der Waals surface area contributed by atoms with E-state index in [-0.39, 0.29) is 24.4 Å². The van der Waals surface area contributed by atoms with E-state index in [2.05, 4.69) is 22.1 Å². The number of hydrogen-bond donors (Lipinski definition) is 2. The summed E-state index contributed by atoms with van der Waals surface area (Å²) < 4.78 is 0. The summed E-state index contributed by atoms with van der Waals surface area (Å²) in [4.78, 5) is 29.2. The topological polar surface area (TPSA) is 88.3 Å². The first-order valence-electron chi connectivity index (χ1n) is 6.80. The van der Waals surface area contributed by atoms with E-state index in [4.69, 9.17) is 5.73 Å². The first-order valence-corrected chi connectivity index (χ1v) is 6.80. The van der Waals surface area contributed by atoms with Crippen LogP contribution >= 0.6 is 0 Å². The summed E-state index contributed by atoms with van der Waals surface area (Å²) in [6.45, 7) is 0.820. The lowest BCUT2D eigenvalue weighted by molar-refractivity contribution is -0.132. The number of aromatic nitrogens is 1. The average molecular weight is 286 g/mol. The quantitative estimate of drug-likeness (QED) is 0.733. The second-order valence-electron chi connectivity index (χ2n) is 4.92. The molecule has 1 atom stereocenters. The van der Waals surface area contributed by atoms with Gasteiger partial charge in [0.1, 0.15) is 5.69 Å². The summed E-state index contributed by atoms with van der Waals surface area (Å²) in [5, 5.41) is 2.90. The fourth-order valence-electron chi connectivity index (χ4n) is 2.14. The highest BCUT2D eigenvalue weighted by Crippen LogP contribution is 2.10. The molecule has 1 aliphatic heterocycles. The van der Waals surface area contributed by atoms with Crippen LogP contribution in [0.1, 0.15) is 28.9 Å². The Balaban J connectivity index is 1.95. The van der Waals surface area contributed by atoms with Gasteiger partial charge in [-0.3, -0.25) is 9.59 Å². The summed E-state index contributed by atoms with van der Waals surface area (Å²) in [5.41, 5.74) is 6.36. The van der Waals surface area contributed by atoms with Crippen molar-refractivity contribution in [2.75, 3.05) is 20.1 Å². The van der Waals surface area contributed by atoms with Gasteiger partial charge in [0.15, 0.2) is 0 Å². The molecule has 1 aromatic rings. The number of nitrogens with one attached hydrogen (secondary N) is 1. The zero-order valence-electron chi connectivity index (χ0n) is 11.9. The summed E-state index contributed by atoms with van der Waals surface area (Å²) >= 11 is 0. The third-order valence-electron chi connectivity index (χ3n) is 3.29. The average Bonchev–Trinajstić information content (AvgIpc) is 2.49. The summed E-state index contributed by atoms with van der Waals surface area (Å²) in [6, 6.07) is 3.34. The number of nitrogens with zero attached hydrogens (tertiary/aromatic N) is 2. The van der Waals surface area contributed by atoms with Gasteiger partial charge in [0.2, 0.25) is 5.91 Å². The summed E-state index contributed by atoms with van der Waals surface area (Å²) in [5.74, 6) is 5.45. The van der Waals surface area contributed by atoms with E-state index in [0.29, 0.717) is 25.1 Å². The van der Waals surface area contributed by atoms with Gasteiger partial charge in [0.25, 0.3) is 5.91 Å². The number of rotatable bonds is 2. The summed E-state index contributed by atoms with van der Waals surface area (Å²) in [6.07, 6.45) is 2.67. The molecule has 1 unspecified atom stereocenters. The van der Waals surface area contributed by atoms with Crippen molar-refractivity contribution in [3.63, 3.8) is 0 Å². The van der Waals surface area contributed by atoms with Gasteiger partial charge in [0.05, 0.1) is 6.54 Å². The Labute approximate surface area is 123 Å². The Morgan fingerprint density at radius 1 is 1.57 bits per heavy atom. The molecule has 1 aliphatic rings. The van der Waals surface area contributed by atoms with Crippen molar-refractivity contribution in [2.45, 2.75) is 18.9 Å². The number of carbonyl (C=O) groups excluding carboxylic acids is 2. The monoisotopic (exact) mass is 286 g/mol. The Hall–Kier alpha value is -2.39. The van der Waals surface area contributed by atoms with Crippen LogP contribution in [0.2, 0.25) is 0 Å². The molecule has 6 heteroatoms. The van der Waals surface area contributed by atoms with Crippen molar-refractivity contribution in [3.8, 4) is 11.8 Å². The van der Waals surface area contributed by atoms with Crippen LogP contribution in [0, 0.1) is 11.8 Å². The van der Waals surface area contributed by atoms with Crippen LogP contribution in [0.3, 0.4) is 0 Å². The van der Waals surface area contributed by atoms with Gasteiger partial charge in [-0.25, -0.2) is 4.98 Å². The standard InChI is InChI=1S/C15H18N4O2/c1-19-10-12(5-7-14(19)20)18-15(21)13-6-4-11(9-17-13)3-2-8-16/h4,6,9,12H,5,7-8,10,16H2,1H3,(H,18,21). The van der Waals surface area contributed by atoms with Crippen molar-refractivity contribution < 1.29 is 9.59 Å². The van der Waals surface area contributed by atoms with Crippen LogP contribution in [0.5, 0.6) is 0 Å². The maximum Gasteiger partial charge on any atom is 0.270 e. The molecule has 1 fully saturated rings. The van der Waals surface area contributed by atoms with Crippen molar-refractivity contribution in [1.29, 1.82) is 0 Å². The van der Waals surface area contributed by atoms with E-state index in [1.165, 1.54) is 0 Å². The maximum absolute atomic E-state index is 12.1. The van der Waals surface area contributed by atoms with E-state index < -0.39 is 0 Å². The maximum atomic E-state index is 12.1. The number of amides is 2. The normalized spacial score (nSPS) is 17.9. The molecule has 0 aromatic carbocycles. The smallest absolute Gasteiger partial charge is 0.270 e. The molecule has 0 radical (unpaired) electrons. The summed E-state index contributed by atoms with van der Waals surface area (Å²) in [7, 11) is 1.74. The van der Waals surface area contributed by atoms with E-state index in [1.54, 1.807) is 30.3 Å². The lowest BCUT2D eigenvalue weighted by Gasteiger charge is -2.30. The largest absolute Gasteiger partial charge is 0.346 e. The van der Waals surface area contributed by atoms with Crippen molar-refractivity contribution in [2.24, 2.45) is 5.73 Å². The third kappa shape index (κ3) is 4.04. The van der Waals surface area contributed by atoms with Crippen molar-refractivity contribution in [3.05, 3.63) is 29.6 Å². The van der Waals surface area contributed by atoms with Gasteiger partial charge in [-0.1, -0.05) is 11.8 Å². The van der Waals surface area contributed by atoms with Gasteiger partial charge in [-0.15, -0.1) is 0 Å². The number of piperidine rings is 1. The number of likely N-dealkylation sites (tertiary alicyclic amines) is 1. The third-order valence-corrected chi connectivity index (χ3v) is 3.29. The van der Waals surface area contributed by atoms with Crippen LogP contribution < -0.4 is 11.1 Å². The molecule has 1 saturated heterocycles. The van der Waals surface area contributed by atoms with E-state index in [9.17, 15) is 9.59 Å². The first-order chi connectivity index (χ1) is 10.1. The molecule has 110 valence electrons. The molecule has 2 heterocycles. The molecular formula is C15H18N4O2. The van der Waals surface area contributed by atoms with Crippen molar-refractivity contribution >= 4 is 11.8 Å². The van der Waals surface area contributed by atoms with Crippen LogP contribution in [0.4, 0.5) is 0 Å². The van der Waals surface area contributed by atoms with E-state index in [0.717, 1.165) is 5.56 Å². The van der Waals surface area contributed by atoms with E-state index in [1.807, 2.05) is 0 Å². The second-order valence-corrected chi connectivity index (χ2v) is 4.92. The Bertz CT molecular complexity index is 586. The molecule has 3 N–H and O–H groups in total. The molecule has 0 aliphatic carbocycles. The molecule has 6 nitrogen and oxygen atoms in total.